The van der Waals surface area contributed by atoms with Gasteiger partial charge in [0.25, 0.3) is 0 Å². The second kappa shape index (κ2) is 4.75. The minimum atomic E-state index is -0.400. The second-order valence-electron chi connectivity index (χ2n) is 3.87. The summed E-state index contributed by atoms with van der Waals surface area (Å²) in [4.78, 5) is 0. The lowest BCUT2D eigenvalue weighted by Crippen LogP contribution is -2.29. The predicted molar refractivity (Wildman–Crippen MR) is 73.7 cm³/mol. The highest BCUT2D eigenvalue weighted by molar-refractivity contribution is 9.10. The van der Waals surface area contributed by atoms with Gasteiger partial charge in [-0.3, -0.25) is 5.41 Å². The summed E-state index contributed by atoms with van der Waals surface area (Å²) in [5.74, 6) is 0.753. The van der Waals surface area contributed by atoms with Crippen LogP contribution in [0.3, 0.4) is 0 Å². The van der Waals surface area contributed by atoms with E-state index >= 15 is 0 Å². The number of nitrogens with one attached hydrogen (secondary N) is 1. The molecule has 2 aromatic rings. The van der Waals surface area contributed by atoms with Gasteiger partial charge in [0.2, 0.25) is 0 Å². The van der Waals surface area contributed by atoms with Crippen LogP contribution in [0.5, 0.6) is 5.75 Å². The first kappa shape index (κ1) is 11.9. The third-order valence-corrected chi connectivity index (χ3v) is 3.02. The second-order valence-corrected chi connectivity index (χ2v) is 4.78. The Morgan fingerprint density at radius 3 is 2.59 bits per heavy atom. The highest BCUT2D eigenvalue weighted by Gasteiger charge is 2.07. The number of halogens is 1. The van der Waals surface area contributed by atoms with Crippen molar-refractivity contribution in [2.75, 3.05) is 0 Å². The van der Waals surface area contributed by atoms with Crippen LogP contribution in [0.4, 0.5) is 0 Å². The van der Waals surface area contributed by atoms with Crippen LogP contribution in [0.1, 0.15) is 6.92 Å². The van der Waals surface area contributed by atoms with Crippen LogP contribution < -0.4 is 10.5 Å². The molecule has 0 bridgehead atoms. The van der Waals surface area contributed by atoms with Gasteiger partial charge in [-0.15, -0.1) is 0 Å². The van der Waals surface area contributed by atoms with Gasteiger partial charge in [-0.2, -0.15) is 0 Å². The van der Waals surface area contributed by atoms with Gasteiger partial charge in [-0.25, -0.2) is 0 Å². The van der Waals surface area contributed by atoms with Crippen molar-refractivity contribution < 1.29 is 4.74 Å². The summed E-state index contributed by atoms with van der Waals surface area (Å²) in [6, 6.07) is 11.9. The van der Waals surface area contributed by atoms with Gasteiger partial charge in [-0.05, 0) is 42.0 Å². The van der Waals surface area contributed by atoms with Crippen molar-refractivity contribution in [1.29, 1.82) is 5.41 Å². The molecule has 0 spiro atoms. The van der Waals surface area contributed by atoms with E-state index in [1.807, 2.05) is 36.4 Å². The van der Waals surface area contributed by atoms with Crippen molar-refractivity contribution in [3.05, 3.63) is 40.9 Å². The van der Waals surface area contributed by atoms with Crippen LogP contribution in [0.15, 0.2) is 40.9 Å². The molecule has 0 amide bonds. The summed E-state index contributed by atoms with van der Waals surface area (Å²) in [7, 11) is 0. The standard InChI is InChI=1S/C13H13BrN2O/c1-8(13(15)16)17-12-5-3-9-6-11(14)4-2-10(9)7-12/h2-8H,1H3,(H3,15,16). The predicted octanol–water partition coefficient (Wildman–Crippen LogP) is 3.31. The molecule has 88 valence electrons. The van der Waals surface area contributed by atoms with Crippen molar-refractivity contribution in [3.63, 3.8) is 0 Å². The van der Waals surface area contributed by atoms with Gasteiger partial charge in [-0.1, -0.05) is 28.1 Å². The van der Waals surface area contributed by atoms with Gasteiger partial charge >= 0.3 is 0 Å². The third-order valence-electron chi connectivity index (χ3n) is 2.52. The molecule has 2 aromatic carbocycles. The first-order valence-corrected chi connectivity index (χ1v) is 6.05. The maximum Gasteiger partial charge on any atom is 0.152 e. The number of benzene rings is 2. The first-order chi connectivity index (χ1) is 8.06. The lowest BCUT2D eigenvalue weighted by molar-refractivity contribution is 0.285. The molecule has 0 aliphatic rings. The average Bonchev–Trinajstić information content (AvgIpc) is 2.29. The Balaban J connectivity index is 2.32. The average molecular weight is 293 g/mol. The monoisotopic (exact) mass is 292 g/mol. The largest absolute Gasteiger partial charge is 0.483 e. The van der Waals surface area contributed by atoms with E-state index in [0.29, 0.717) is 0 Å². The maximum absolute atomic E-state index is 7.29. The molecule has 0 heterocycles. The number of hydrogen-bond acceptors (Lipinski definition) is 2. The van der Waals surface area contributed by atoms with Crippen LogP contribution in [0.25, 0.3) is 10.8 Å². The highest BCUT2D eigenvalue weighted by Crippen LogP contribution is 2.24. The van der Waals surface area contributed by atoms with Crippen LogP contribution in [-0.4, -0.2) is 11.9 Å². The molecule has 3 N–H and O–H groups in total. The summed E-state index contributed by atoms with van der Waals surface area (Å²) < 4.78 is 6.60. The Kier molecular flexibility index (Phi) is 3.33. The Morgan fingerprint density at radius 2 is 1.88 bits per heavy atom. The fourth-order valence-electron chi connectivity index (χ4n) is 1.54. The lowest BCUT2D eigenvalue weighted by Gasteiger charge is -2.13. The summed E-state index contributed by atoms with van der Waals surface area (Å²) >= 11 is 3.43. The molecule has 0 saturated carbocycles. The SMILES string of the molecule is CC(Oc1ccc2cc(Br)ccc2c1)C(=N)N. The van der Waals surface area contributed by atoms with E-state index in [-0.39, 0.29) is 5.84 Å². The molecule has 0 aliphatic heterocycles. The zero-order valence-electron chi connectivity index (χ0n) is 9.41. The fourth-order valence-corrected chi connectivity index (χ4v) is 1.91. The topological polar surface area (TPSA) is 59.1 Å². The molecule has 0 radical (unpaired) electrons. The van der Waals surface area contributed by atoms with Crippen molar-refractivity contribution in [3.8, 4) is 5.75 Å². The normalized spacial score (nSPS) is 12.4. The molecule has 4 heteroatoms. The minimum absolute atomic E-state index is 0.0286. The molecule has 0 aliphatic carbocycles. The summed E-state index contributed by atoms with van der Waals surface area (Å²) in [6.07, 6.45) is -0.400. The fraction of sp³-hybridized carbons (Fsp3) is 0.154. The molecule has 2 rings (SSSR count). The molecule has 0 saturated heterocycles. The molecule has 3 nitrogen and oxygen atoms in total. The molecule has 1 atom stereocenters. The zero-order valence-corrected chi connectivity index (χ0v) is 11.0. The number of fused-ring (bicyclic) bond motifs is 1. The van der Waals surface area contributed by atoms with E-state index in [1.54, 1.807) is 6.92 Å². The molecular weight excluding hydrogens is 280 g/mol. The van der Waals surface area contributed by atoms with E-state index in [4.69, 9.17) is 15.9 Å². The molecular formula is C13H13BrN2O. The van der Waals surface area contributed by atoms with Gasteiger partial charge < -0.3 is 10.5 Å². The summed E-state index contributed by atoms with van der Waals surface area (Å²) in [5, 5.41) is 9.53. The van der Waals surface area contributed by atoms with Gasteiger partial charge in [0.05, 0.1) is 0 Å². The Hall–Kier alpha value is -1.55. The number of rotatable bonds is 3. The molecule has 1 unspecified atom stereocenters. The minimum Gasteiger partial charge on any atom is -0.483 e. The van der Waals surface area contributed by atoms with Crippen molar-refractivity contribution in [2.45, 2.75) is 13.0 Å². The number of nitrogens with two attached hydrogens (primary N) is 1. The number of hydrogen-bond donors (Lipinski definition) is 2. The molecule has 17 heavy (non-hydrogen) atoms. The van der Waals surface area contributed by atoms with Crippen LogP contribution in [0, 0.1) is 5.41 Å². The maximum atomic E-state index is 7.29. The quantitative estimate of drug-likeness (QED) is 0.673. The van der Waals surface area contributed by atoms with E-state index < -0.39 is 6.10 Å². The van der Waals surface area contributed by atoms with E-state index in [0.717, 1.165) is 21.0 Å². The van der Waals surface area contributed by atoms with E-state index in [2.05, 4.69) is 15.9 Å². The smallest absolute Gasteiger partial charge is 0.152 e. The van der Waals surface area contributed by atoms with Crippen LogP contribution in [0.2, 0.25) is 0 Å². The van der Waals surface area contributed by atoms with Crippen LogP contribution in [-0.2, 0) is 0 Å². The zero-order chi connectivity index (χ0) is 12.4. The number of amidine groups is 1. The van der Waals surface area contributed by atoms with E-state index in [1.165, 1.54) is 0 Å². The van der Waals surface area contributed by atoms with Gasteiger partial charge in [0.1, 0.15) is 11.6 Å². The Morgan fingerprint density at radius 1 is 1.24 bits per heavy atom. The molecule has 0 aromatic heterocycles. The highest BCUT2D eigenvalue weighted by atomic mass is 79.9. The third kappa shape index (κ3) is 2.77. The Bertz CT molecular complexity index is 568. The van der Waals surface area contributed by atoms with Crippen LogP contribution >= 0.6 is 15.9 Å². The Labute approximate surface area is 108 Å². The van der Waals surface area contributed by atoms with Gasteiger partial charge in [0.15, 0.2) is 6.10 Å². The van der Waals surface area contributed by atoms with Gasteiger partial charge in [0, 0.05) is 4.47 Å². The summed E-state index contributed by atoms with van der Waals surface area (Å²) in [6.45, 7) is 1.76. The first-order valence-electron chi connectivity index (χ1n) is 5.26. The molecule has 0 fully saturated rings. The van der Waals surface area contributed by atoms with E-state index in [9.17, 15) is 0 Å². The van der Waals surface area contributed by atoms with Crippen molar-refractivity contribution in [1.82, 2.24) is 0 Å². The number of ether oxygens (including phenoxy) is 1. The lowest BCUT2D eigenvalue weighted by atomic mass is 10.1. The van der Waals surface area contributed by atoms with Crippen molar-refractivity contribution >= 4 is 32.5 Å². The summed E-state index contributed by atoms with van der Waals surface area (Å²) in [5.41, 5.74) is 5.37. The van der Waals surface area contributed by atoms with Crippen molar-refractivity contribution in [2.24, 2.45) is 5.73 Å².